The van der Waals surface area contributed by atoms with Gasteiger partial charge in [-0.05, 0) is 59.8 Å². The molecular formula is C20H15F2N7O. The molecule has 0 spiro atoms. The molecule has 2 aromatic heterocycles. The molecule has 0 bridgehead atoms. The van der Waals surface area contributed by atoms with Crippen LogP contribution in [-0.4, -0.2) is 31.1 Å². The average Bonchev–Trinajstić information content (AvgIpc) is 3.17. The van der Waals surface area contributed by atoms with E-state index in [0.717, 1.165) is 0 Å². The van der Waals surface area contributed by atoms with Gasteiger partial charge >= 0.3 is 0 Å². The van der Waals surface area contributed by atoms with Crippen LogP contribution in [-0.2, 0) is 0 Å². The second kappa shape index (κ2) is 8.03. The fourth-order valence-electron chi connectivity index (χ4n) is 2.78. The van der Waals surface area contributed by atoms with Gasteiger partial charge in [0.1, 0.15) is 17.5 Å². The Hall–Kier alpha value is -4.21. The zero-order chi connectivity index (χ0) is 21.1. The van der Waals surface area contributed by atoms with Gasteiger partial charge in [0.15, 0.2) is 5.82 Å². The number of aromatic nitrogens is 5. The van der Waals surface area contributed by atoms with E-state index < -0.39 is 17.5 Å². The Labute approximate surface area is 169 Å². The van der Waals surface area contributed by atoms with Gasteiger partial charge in [0.25, 0.3) is 5.91 Å². The topological polar surface area (TPSA) is 97.6 Å². The minimum absolute atomic E-state index is 0.0619. The molecule has 0 fully saturated rings. The summed E-state index contributed by atoms with van der Waals surface area (Å²) in [6.07, 6.45) is 1.46. The highest BCUT2D eigenvalue weighted by molar-refractivity contribution is 6.08. The molecule has 0 radical (unpaired) electrons. The molecule has 0 saturated heterocycles. The number of benzene rings is 2. The van der Waals surface area contributed by atoms with Crippen LogP contribution in [0.5, 0.6) is 0 Å². The first-order chi connectivity index (χ1) is 14.5. The molecule has 2 N–H and O–H groups in total. The summed E-state index contributed by atoms with van der Waals surface area (Å²) in [6.45, 7) is 1.69. The zero-order valence-electron chi connectivity index (χ0n) is 15.7. The maximum Gasteiger partial charge on any atom is 0.259 e. The molecule has 0 aliphatic carbocycles. The van der Waals surface area contributed by atoms with Crippen molar-refractivity contribution in [2.45, 2.75) is 6.92 Å². The summed E-state index contributed by atoms with van der Waals surface area (Å²) in [7, 11) is 0. The number of rotatable bonds is 5. The van der Waals surface area contributed by atoms with Crippen LogP contribution in [0.4, 0.5) is 26.0 Å². The molecule has 0 unspecified atom stereocenters. The fraction of sp³-hybridized carbons (Fsp3) is 0.0500. The van der Waals surface area contributed by atoms with Gasteiger partial charge in [-0.15, -0.1) is 5.10 Å². The lowest BCUT2D eigenvalue weighted by atomic mass is 10.2. The Kier molecular flexibility index (Phi) is 5.12. The number of hydrogen-bond donors (Lipinski definition) is 2. The molecule has 0 aliphatic rings. The largest absolute Gasteiger partial charge is 0.337 e. The van der Waals surface area contributed by atoms with Gasteiger partial charge in [0.2, 0.25) is 0 Å². The Morgan fingerprint density at radius 3 is 2.57 bits per heavy atom. The SMILES string of the molecule is Cc1nnnn1-c1ccc(F)c(NC(=O)c2cccnc2Nc2ccccc2F)c1. The predicted molar refractivity (Wildman–Crippen MR) is 106 cm³/mol. The lowest BCUT2D eigenvalue weighted by molar-refractivity contribution is 0.102. The van der Waals surface area contributed by atoms with E-state index in [0.29, 0.717) is 11.5 Å². The van der Waals surface area contributed by atoms with E-state index in [9.17, 15) is 13.6 Å². The number of aryl methyl sites for hydroxylation is 1. The summed E-state index contributed by atoms with van der Waals surface area (Å²) in [5.41, 5.74) is 0.690. The number of carbonyl (C=O) groups is 1. The fourth-order valence-corrected chi connectivity index (χ4v) is 2.78. The van der Waals surface area contributed by atoms with Crippen LogP contribution < -0.4 is 10.6 Å². The van der Waals surface area contributed by atoms with Crippen molar-refractivity contribution >= 4 is 23.1 Å². The van der Waals surface area contributed by atoms with Crippen molar-refractivity contribution in [1.29, 1.82) is 0 Å². The number of halogens is 2. The first kappa shape index (κ1) is 19.1. The Balaban J connectivity index is 1.62. The number of anilines is 3. The molecule has 8 nitrogen and oxygen atoms in total. The third kappa shape index (κ3) is 3.83. The van der Waals surface area contributed by atoms with Gasteiger partial charge in [0.05, 0.1) is 22.6 Å². The maximum absolute atomic E-state index is 14.3. The van der Waals surface area contributed by atoms with Gasteiger partial charge in [-0.2, -0.15) is 4.68 Å². The van der Waals surface area contributed by atoms with E-state index in [2.05, 4.69) is 31.1 Å². The van der Waals surface area contributed by atoms with Crippen LogP contribution in [0.25, 0.3) is 5.69 Å². The van der Waals surface area contributed by atoms with Crippen LogP contribution >= 0.6 is 0 Å². The highest BCUT2D eigenvalue weighted by Gasteiger charge is 2.16. The standard InChI is InChI=1S/C20H15F2N7O/c1-12-26-27-28-29(12)13-8-9-16(22)18(11-13)25-20(30)14-5-4-10-23-19(14)24-17-7-3-2-6-15(17)21/h2-11H,1H3,(H,23,24)(H,25,30). The molecule has 2 aromatic carbocycles. The molecule has 4 rings (SSSR count). The number of tetrazole rings is 1. The smallest absolute Gasteiger partial charge is 0.259 e. The molecule has 0 aliphatic heterocycles. The predicted octanol–water partition coefficient (Wildman–Crippen LogP) is 3.64. The Morgan fingerprint density at radius 1 is 1.00 bits per heavy atom. The highest BCUT2D eigenvalue weighted by atomic mass is 19.1. The molecule has 30 heavy (non-hydrogen) atoms. The summed E-state index contributed by atoms with van der Waals surface area (Å²) in [4.78, 5) is 16.9. The lowest BCUT2D eigenvalue weighted by Crippen LogP contribution is -2.16. The third-order valence-corrected chi connectivity index (χ3v) is 4.25. The van der Waals surface area contributed by atoms with Crippen LogP contribution in [0.15, 0.2) is 60.8 Å². The van der Waals surface area contributed by atoms with E-state index in [-0.39, 0.29) is 22.8 Å². The number of nitrogens with one attached hydrogen (secondary N) is 2. The van der Waals surface area contributed by atoms with E-state index in [1.807, 2.05) is 0 Å². The molecular weight excluding hydrogens is 392 g/mol. The second-order valence-corrected chi connectivity index (χ2v) is 6.26. The molecule has 150 valence electrons. The number of hydrogen-bond acceptors (Lipinski definition) is 6. The van der Waals surface area contributed by atoms with E-state index in [4.69, 9.17) is 0 Å². The van der Waals surface area contributed by atoms with Crippen molar-refractivity contribution in [2.75, 3.05) is 10.6 Å². The summed E-state index contributed by atoms with van der Waals surface area (Å²) in [5.74, 6) is -1.11. The van der Waals surface area contributed by atoms with Gasteiger partial charge in [-0.25, -0.2) is 13.8 Å². The quantitative estimate of drug-likeness (QED) is 0.524. The van der Waals surface area contributed by atoms with Crippen LogP contribution in [0.1, 0.15) is 16.2 Å². The number of carbonyl (C=O) groups excluding carboxylic acids is 1. The monoisotopic (exact) mass is 407 g/mol. The minimum Gasteiger partial charge on any atom is -0.337 e. The average molecular weight is 407 g/mol. The van der Waals surface area contributed by atoms with Crippen molar-refractivity contribution in [2.24, 2.45) is 0 Å². The highest BCUT2D eigenvalue weighted by Crippen LogP contribution is 2.24. The van der Waals surface area contributed by atoms with E-state index in [1.54, 1.807) is 25.1 Å². The van der Waals surface area contributed by atoms with E-state index >= 15 is 0 Å². The van der Waals surface area contributed by atoms with Crippen LogP contribution in [0.3, 0.4) is 0 Å². The molecule has 0 saturated carbocycles. The van der Waals surface area contributed by atoms with Crippen molar-refractivity contribution in [3.8, 4) is 5.69 Å². The first-order valence-corrected chi connectivity index (χ1v) is 8.86. The first-order valence-electron chi connectivity index (χ1n) is 8.86. The van der Waals surface area contributed by atoms with E-state index in [1.165, 1.54) is 47.3 Å². The normalized spacial score (nSPS) is 10.6. The minimum atomic E-state index is -0.634. The maximum atomic E-state index is 14.3. The second-order valence-electron chi connectivity index (χ2n) is 6.26. The zero-order valence-corrected chi connectivity index (χ0v) is 15.7. The Morgan fingerprint density at radius 2 is 1.80 bits per heavy atom. The lowest BCUT2D eigenvalue weighted by Gasteiger charge is -2.13. The number of pyridine rings is 1. The van der Waals surface area contributed by atoms with Crippen LogP contribution in [0.2, 0.25) is 0 Å². The van der Waals surface area contributed by atoms with Crippen molar-refractivity contribution in [1.82, 2.24) is 25.2 Å². The molecule has 2 heterocycles. The molecule has 4 aromatic rings. The summed E-state index contributed by atoms with van der Waals surface area (Å²) < 4.78 is 29.7. The summed E-state index contributed by atoms with van der Waals surface area (Å²) in [5, 5.41) is 16.5. The van der Waals surface area contributed by atoms with Crippen molar-refractivity contribution < 1.29 is 13.6 Å². The van der Waals surface area contributed by atoms with Gasteiger partial charge in [-0.1, -0.05) is 12.1 Å². The third-order valence-electron chi connectivity index (χ3n) is 4.25. The molecule has 1 amide bonds. The van der Waals surface area contributed by atoms with Crippen molar-refractivity contribution in [3.63, 3.8) is 0 Å². The van der Waals surface area contributed by atoms with Gasteiger partial charge in [-0.3, -0.25) is 4.79 Å². The summed E-state index contributed by atoms with van der Waals surface area (Å²) >= 11 is 0. The summed E-state index contributed by atoms with van der Waals surface area (Å²) in [6, 6.07) is 13.2. The van der Waals surface area contributed by atoms with Gasteiger partial charge < -0.3 is 10.6 Å². The van der Waals surface area contributed by atoms with Crippen LogP contribution in [0, 0.1) is 18.6 Å². The Bertz CT molecular complexity index is 1230. The van der Waals surface area contributed by atoms with Gasteiger partial charge in [0, 0.05) is 6.20 Å². The number of amides is 1. The molecule has 10 heteroatoms. The number of nitrogens with zero attached hydrogens (tertiary/aromatic N) is 5. The molecule has 0 atom stereocenters. The van der Waals surface area contributed by atoms with Crippen molar-refractivity contribution in [3.05, 3.63) is 83.8 Å². The number of para-hydroxylation sites is 1.